The summed E-state index contributed by atoms with van der Waals surface area (Å²) in [6.07, 6.45) is 1.12. The van der Waals surface area contributed by atoms with Gasteiger partial charge in [-0.15, -0.1) is 24.0 Å². The Hall–Kier alpha value is -0.820. The van der Waals surface area contributed by atoms with Crippen molar-refractivity contribution in [2.45, 2.75) is 46.2 Å². The second-order valence-corrected chi connectivity index (χ2v) is 7.23. The van der Waals surface area contributed by atoms with Crippen LogP contribution in [0.2, 0.25) is 0 Å². The predicted octanol–water partition coefficient (Wildman–Crippen LogP) is 3.00. The van der Waals surface area contributed by atoms with Crippen molar-refractivity contribution >= 4 is 29.9 Å². The van der Waals surface area contributed by atoms with E-state index in [1.807, 2.05) is 0 Å². The van der Waals surface area contributed by atoms with Gasteiger partial charge >= 0.3 is 0 Å². The molecule has 1 aliphatic heterocycles. The SMILES string of the molecule is CC(C)CNC(N)=NCC(C)(C)N1CCc2ccccc2C1.I. The summed E-state index contributed by atoms with van der Waals surface area (Å²) in [5.41, 5.74) is 8.89. The molecule has 0 atom stereocenters. The monoisotopic (exact) mass is 430 g/mol. The minimum atomic E-state index is 0. The van der Waals surface area contributed by atoms with E-state index in [0.29, 0.717) is 18.4 Å². The van der Waals surface area contributed by atoms with Gasteiger partial charge < -0.3 is 11.1 Å². The van der Waals surface area contributed by atoms with Crippen LogP contribution in [0.5, 0.6) is 0 Å². The van der Waals surface area contributed by atoms with Crippen molar-refractivity contribution in [3.05, 3.63) is 35.4 Å². The Kier molecular flexibility index (Phi) is 7.80. The Balaban J connectivity index is 0.00000264. The van der Waals surface area contributed by atoms with Gasteiger partial charge in [-0.25, -0.2) is 0 Å². The van der Waals surface area contributed by atoms with Crippen LogP contribution in [-0.2, 0) is 13.0 Å². The highest BCUT2D eigenvalue weighted by Gasteiger charge is 2.29. The van der Waals surface area contributed by atoms with Gasteiger partial charge in [0.05, 0.1) is 6.54 Å². The molecule has 1 aliphatic rings. The van der Waals surface area contributed by atoms with E-state index >= 15 is 0 Å². The summed E-state index contributed by atoms with van der Waals surface area (Å²) in [6.45, 7) is 12.5. The predicted molar refractivity (Wildman–Crippen MR) is 109 cm³/mol. The first-order valence-electron chi connectivity index (χ1n) is 8.24. The zero-order valence-corrected chi connectivity index (χ0v) is 17.1. The molecule has 0 aromatic heterocycles. The van der Waals surface area contributed by atoms with Gasteiger partial charge in [0.15, 0.2) is 5.96 Å². The molecule has 5 heteroatoms. The lowest BCUT2D eigenvalue weighted by atomic mass is 9.94. The van der Waals surface area contributed by atoms with Gasteiger partial charge in [0, 0.05) is 25.2 Å². The topological polar surface area (TPSA) is 53.6 Å². The summed E-state index contributed by atoms with van der Waals surface area (Å²) in [5.74, 6) is 1.12. The normalized spacial score (nSPS) is 16.0. The van der Waals surface area contributed by atoms with Gasteiger partial charge in [-0.1, -0.05) is 38.1 Å². The second-order valence-electron chi connectivity index (χ2n) is 7.23. The van der Waals surface area contributed by atoms with Crippen molar-refractivity contribution in [2.24, 2.45) is 16.6 Å². The molecule has 130 valence electrons. The van der Waals surface area contributed by atoms with Gasteiger partial charge in [-0.3, -0.25) is 9.89 Å². The third kappa shape index (κ3) is 5.95. The average molecular weight is 430 g/mol. The molecule has 23 heavy (non-hydrogen) atoms. The van der Waals surface area contributed by atoms with Crippen LogP contribution in [0.3, 0.4) is 0 Å². The van der Waals surface area contributed by atoms with E-state index in [0.717, 1.165) is 26.1 Å². The van der Waals surface area contributed by atoms with Gasteiger partial charge in [0.1, 0.15) is 0 Å². The molecule has 0 fully saturated rings. The van der Waals surface area contributed by atoms with E-state index in [9.17, 15) is 0 Å². The molecular weight excluding hydrogens is 399 g/mol. The fraction of sp³-hybridized carbons (Fsp3) is 0.611. The number of nitrogens with zero attached hydrogens (tertiary/aromatic N) is 2. The minimum Gasteiger partial charge on any atom is -0.370 e. The molecule has 0 spiro atoms. The van der Waals surface area contributed by atoms with Crippen LogP contribution in [0.15, 0.2) is 29.3 Å². The average Bonchev–Trinajstić information content (AvgIpc) is 2.50. The van der Waals surface area contributed by atoms with Gasteiger partial charge in [-0.05, 0) is 37.3 Å². The number of halogens is 1. The molecule has 0 bridgehead atoms. The number of guanidine groups is 1. The lowest BCUT2D eigenvalue weighted by Gasteiger charge is -2.40. The number of nitrogens with one attached hydrogen (secondary N) is 1. The van der Waals surface area contributed by atoms with Crippen molar-refractivity contribution in [3.63, 3.8) is 0 Å². The number of fused-ring (bicyclic) bond motifs is 1. The molecule has 0 saturated heterocycles. The smallest absolute Gasteiger partial charge is 0.188 e. The lowest BCUT2D eigenvalue weighted by molar-refractivity contribution is 0.112. The number of nitrogens with two attached hydrogens (primary N) is 1. The van der Waals surface area contributed by atoms with Crippen LogP contribution in [0.4, 0.5) is 0 Å². The first-order chi connectivity index (χ1) is 10.4. The summed E-state index contributed by atoms with van der Waals surface area (Å²) in [6, 6.07) is 8.73. The molecular formula is C18H31IN4. The van der Waals surface area contributed by atoms with Crippen LogP contribution in [-0.4, -0.2) is 36.0 Å². The van der Waals surface area contributed by atoms with Crippen LogP contribution in [0.25, 0.3) is 0 Å². The Morgan fingerprint density at radius 1 is 1.30 bits per heavy atom. The first kappa shape index (κ1) is 20.2. The fourth-order valence-electron chi connectivity index (χ4n) is 2.76. The van der Waals surface area contributed by atoms with Gasteiger partial charge in [0.25, 0.3) is 0 Å². The largest absolute Gasteiger partial charge is 0.370 e. The van der Waals surface area contributed by atoms with Crippen LogP contribution < -0.4 is 11.1 Å². The molecule has 1 aromatic carbocycles. The van der Waals surface area contributed by atoms with Crippen LogP contribution >= 0.6 is 24.0 Å². The fourth-order valence-corrected chi connectivity index (χ4v) is 2.76. The third-order valence-electron chi connectivity index (χ3n) is 4.31. The van der Waals surface area contributed by atoms with Gasteiger partial charge in [0.2, 0.25) is 0 Å². The van der Waals surface area contributed by atoms with Crippen molar-refractivity contribution in [2.75, 3.05) is 19.6 Å². The van der Waals surface area contributed by atoms with E-state index in [4.69, 9.17) is 5.73 Å². The Labute approximate surface area is 157 Å². The number of aliphatic imine (C=N–C) groups is 1. The summed E-state index contributed by atoms with van der Waals surface area (Å²) >= 11 is 0. The molecule has 1 aromatic rings. The molecule has 3 N–H and O–H groups in total. The van der Waals surface area contributed by atoms with E-state index < -0.39 is 0 Å². The molecule has 0 saturated carbocycles. The summed E-state index contributed by atoms with van der Waals surface area (Å²) in [5, 5.41) is 3.18. The van der Waals surface area contributed by atoms with Gasteiger partial charge in [-0.2, -0.15) is 0 Å². The van der Waals surface area contributed by atoms with E-state index in [1.165, 1.54) is 11.1 Å². The number of hydrogen-bond donors (Lipinski definition) is 2. The Morgan fingerprint density at radius 3 is 2.61 bits per heavy atom. The summed E-state index contributed by atoms with van der Waals surface area (Å²) < 4.78 is 0. The summed E-state index contributed by atoms with van der Waals surface area (Å²) in [4.78, 5) is 7.05. The van der Waals surface area contributed by atoms with Crippen LogP contribution in [0, 0.1) is 5.92 Å². The zero-order valence-electron chi connectivity index (χ0n) is 14.8. The highest BCUT2D eigenvalue weighted by Crippen LogP contribution is 2.25. The molecule has 0 radical (unpaired) electrons. The third-order valence-corrected chi connectivity index (χ3v) is 4.31. The molecule has 2 rings (SSSR count). The molecule has 0 aliphatic carbocycles. The quantitative estimate of drug-likeness (QED) is 0.429. The number of benzene rings is 1. The zero-order chi connectivity index (χ0) is 16.2. The van der Waals surface area contributed by atoms with E-state index in [-0.39, 0.29) is 29.5 Å². The van der Waals surface area contributed by atoms with Crippen molar-refractivity contribution in [1.29, 1.82) is 0 Å². The van der Waals surface area contributed by atoms with E-state index in [1.54, 1.807) is 0 Å². The van der Waals surface area contributed by atoms with Crippen LogP contribution in [0.1, 0.15) is 38.8 Å². The molecule has 0 unspecified atom stereocenters. The highest BCUT2D eigenvalue weighted by atomic mass is 127. The highest BCUT2D eigenvalue weighted by molar-refractivity contribution is 14.0. The minimum absolute atomic E-state index is 0. The Morgan fingerprint density at radius 2 is 1.96 bits per heavy atom. The van der Waals surface area contributed by atoms with Crippen molar-refractivity contribution < 1.29 is 0 Å². The first-order valence-corrected chi connectivity index (χ1v) is 8.24. The maximum absolute atomic E-state index is 5.96. The summed E-state index contributed by atoms with van der Waals surface area (Å²) in [7, 11) is 0. The van der Waals surface area contributed by atoms with Crippen molar-refractivity contribution in [3.8, 4) is 0 Å². The molecule has 1 heterocycles. The molecule has 0 amide bonds. The number of hydrogen-bond acceptors (Lipinski definition) is 2. The second kappa shape index (κ2) is 8.87. The molecule has 4 nitrogen and oxygen atoms in total. The maximum Gasteiger partial charge on any atom is 0.188 e. The van der Waals surface area contributed by atoms with E-state index in [2.05, 4.69) is 67.2 Å². The van der Waals surface area contributed by atoms with Crippen molar-refractivity contribution in [1.82, 2.24) is 10.2 Å². The standard InChI is InChI=1S/C18H30N4.HI/c1-14(2)11-20-17(19)21-13-18(3,4)22-10-9-15-7-5-6-8-16(15)12-22;/h5-8,14H,9-13H2,1-4H3,(H3,19,20,21);1H. The maximum atomic E-state index is 5.96. The lowest BCUT2D eigenvalue weighted by Crippen LogP contribution is -2.49. The Bertz CT molecular complexity index is 526. The number of rotatable bonds is 5.